The maximum absolute atomic E-state index is 14.3. The second-order valence-corrected chi connectivity index (χ2v) is 21.7. The number of nitrogens with two attached hydrogens (primary N) is 5. The van der Waals surface area contributed by atoms with E-state index in [1.54, 1.807) is 6.07 Å². The molecule has 0 aliphatic rings. The lowest BCUT2D eigenvalue weighted by molar-refractivity contribution is -0.139. The number of aromatic hydroxyl groups is 1. The molecule has 28 heteroatoms. The minimum atomic E-state index is -1.39. The Morgan fingerprint density at radius 1 is 0.387 bits per heavy atom. The number of phenolic OH excluding ortho intramolecular Hbond substituents is 1. The Labute approximate surface area is 539 Å². The average molecular weight is 1290 g/mol. The summed E-state index contributed by atoms with van der Waals surface area (Å²) in [6.45, 7) is 1.36. The Bertz CT molecular complexity index is 3370. The average Bonchev–Trinajstić information content (AvgIpc) is 0.930. The van der Waals surface area contributed by atoms with Gasteiger partial charge in [0.05, 0.1) is 56.7 Å². The quantitative estimate of drug-likeness (QED) is 0.0248. The van der Waals surface area contributed by atoms with Crippen molar-refractivity contribution >= 4 is 76.0 Å². The molecule has 0 saturated carbocycles. The van der Waals surface area contributed by atoms with E-state index in [-0.39, 0.29) is 113 Å². The molecule has 5 aromatic carbocycles. The SMILES string of the molecule is COc1ccc(NC(=O)[C@H](CCCCN)NC(=O)c2cc(NC(=O)[C@H](CCCCN)NC(=O)c3cc(NC(=O)[C@H](CCCCN)NC(=O)c4cc(NC(=O)[C@@H](N)CCCCN)ccc4OC)ccc3OC)ccc2OC)cc1C(=O)N[C@@H](Cc1ccc(O)cc1)C(=O)O. The van der Waals surface area contributed by atoms with Crippen LogP contribution in [0.3, 0.4) is 0 Å². The van der Waals surface area contributed by atoms with Crippen LogP contribution < -0.4 is 90.2 Å². The number of carboxylic acid groups (broad SMARTS) is 1. The molecule has 0 radical (unpaired) electrons. The highest BCUT2D eigenvalue weighted by atomic mass is 16.5. The molecule has 0 aliphatic heterocycles. The van der Waals surface area contributed by atoms with Gasteiger partial charge in [0.15, 0.2) is 0 Å². The van der Waals surface area contributed by atoms with Crippen molar-refractivity contribution in [2.24, 2.45) is 28.7 Å². The van der Waals surface area contributed by atoms with E-state index in [9.17, 15) is 53.4 Å². The molecule has 93 heavy (non-hydrogen) atoms. The van der Waals surface area contributed by atoms with E-state index >= 15 is 0 Å². The Hall–Kier alpha value is -9.87. The van der Waals surface area contributed by atoms with Gasteiger partial charge in [-0.1, -0.05) is 18.6 Å². The van der Waals surface area contributed by atoms with Crippen molar-refractivity contribution in [3.05, 3.63) is 125 Å². The number of hydrogen-bond donors (Lipinski definition) is 15. The van der Waals surface area contributed by atoms with Crippen molar-refractivity contribution in [1.29, 1.82) is 0 Å². The Morgan fingerprint density at radius 2 is 0.667 bits per heavy atom. The second kappa shape index (κ2) is 38.1. The third-order valence-electron chi connectivity index (χ3n) is 14.8. The van der Waals surface area contributed by atoms with Crippen molar-refractivity contribution in [1.82, 2.24) is 21.3 Å². The number of rotatable bonds is 39. The zero-order chi connectivity index (χ0) is 68.0. The first-order chi connectivity index (χ1) is 44.7. The molecule has 0 unspecified atom stereocenters. The zero-order valence-corrected chi connectivity index (χ0v) is 52.7. The summed E-state index contributed by atoms with van der Waals surface area (Å²) in [6, 6.07) is 17.2. The molecule has 0 fully saturated rings. The van der Waals surface area contributed by atoms with Crippen molar-refractivity contribution in [2.75, 3.05) is 75.9 Å². The molecule has 28 nitrogen and oxygen atoms in total. The van der Waals surface area contributed by atoms with Crippen LogP contribution in [0.2, 0.25) is 0 Å². The summed E-state index contributed by atoms with van der Waals surface area (Å²) in [6.07, 6.45) is 4.78. The van der Waals surface area contributed by atoms with E-state index in [1.165, 1.54) is 119 Å². The number of unbranched alkanes of at least 4 members (excludes halogenated alkanes) is 4. The molecule has 5 rings (SSSR count). The smallest absolute Gasteiger partial charge is 0.326 e. The van der Waals surface area contributed by atoms with Crippen LogP contribution >= 0.6 is 0 Å². The highest BCUT2D eigenvalue weighted by Crippen LogP contribution is 2.29. The predicted molar refractivity (Wildman–Crippen MR) is 351 cm³/mol. The normalized spacial score (nSPS) is 12.5. The fourth-order valence-corrected chi connectivity index (χ4v) is 9.71. The van der Waals surface area contributed by atoms with Crippen LogP contribution in [0.25, 0.3) is 0 Å². The molecule has 502 valence electrons. The van der Waals surface area contributed by atoms with E-state index in [2.05, 4.69) is 42.5 Å². The summed E-state index contributed by atoms with van der Waals surface area (Å²) in [5.41, 5.74) is 30.0. The summed E-state index contributed by atoms with van der Waals surface area (Å²) in [5.74, 6) is -6.51. The van der Waals surface area contributed by atoms with Crippen molar-refractivity contribution < 1.29 is 72.3 Å². The summed E-state index contributed by atoms with van der Waals surface area (Å²) < 4.78 is 22.0. The summed E-state index contributed by atoms with van der Waals surface area (Å²) >= 11 is 0. The standard InChI is InChI=1S/C65H87N13O15/c1-90-53-25-19-39(71-61(84)48(70)13-5-9-29-66)34-44(53)57(80)75-49(14-6-10-30-67)62(85)72-40-20-26-54(91-2)45(35-40)58(81)76-50(15-7-11-31-68)63(86)73-41-21-27-55(92-3)46(36-41)59(82)77-51(16-8-12-32-69)64(87)74-42-22-28-56(93-4)47(37-42)60(83)78-52(65(88)89)33-38-17-23-43(79)24-18-38/h17-28,34-37,48-52,79H,5-16,29-33,66-70H2,1-4H3,(H,71,84)(H,72,85)(H,73,86)(H,74,87)(H,75,80)(H,76,81)(H,77,82)(H,78,83)(H,88,89)/t48-,49-,50-,51-,52-/m0/s1. The van der Waals surface area contributed by atoms with Crippen LogP contribution in [0, 0.1) is 0 Å². The lowest BCUT2D eigenvalue weighted by atomic mass is 10.0. The molecule has 0 aromatic heterocycles. The molecule has 8 amide bonds. The first-order valence-corrected chi connectivity index (χ1v) is 30.5. The number of carbonyl (C=O) groups is 9. The Balaban J connectivity index is 1.33. The predicted octanol–water partition coefficient (Wildman–Crippen LogP) is 3.85. The van der Waals surface area contributed by atoms with Crippen LogP contribution in [0.5, 0.6) is 28.7 Å². The van der Waals surface area contributed by atoms with Crippen LogP contribution in [0.1, 0.15) is 124 Å². The number of anilines is 4. The van der Waals surface area contributed by atoms with Gasteiger partial charge in [-0.05, 0) is 187 Å². The van der Waals surface area contributed by atoms with Crippen LogP contribution in [0.4, 0.5) is 22.7 Å². The van der Waals surface area contributed by atoms with Gasteiger partial charge >= 0.3 is 5.97 Å². The molecule has 5 aromatic rings. The highest BCUT2D eigenvalue weighted by molar-refractivity contribution is 6.08. The van der Waals surface area contributed by atoms with E-state index in [0.29, 0.717) is 76.4 Å². The Morgan fingerprint density at radius 3 is 0.946 bits per heavy atom. The highest BCUT2D eigenvalue weighted by Gasteiger charge is 2.30. The van der Waals surface area contributed by atoms with Gasteiger partial charge in [0.1, 0.15) is 52.9 Å². The van der Waals surface area contributed by atoms with Gasteiger partial charge in [0.25, 0.3) is 23.6 Å². The molecule has 0 heterocycles. The Kier molecular flexibility index (Phi) is 30.3. The zero-order valence-electron chi connectivity index (χ0n) is 52.7. The number of carbonyl (C=O) groups excluding carboxylic acids is 8. The molecule has 0 saturated heterocycles. The van der Waals surface area contributed by atoms with Crippen LogP contribution in [-0.4, -0.2) is 148 Å². The summed E-state index contributed by atoms with van der Waals surface area (Å²) in [7, 11) is 5.34. The van der Waals surface area contributed by atoms with E-state index in [4.69, 9.17) is 47.6 Å². The van der Waals surface area contributed by atoms with E-state index in [0.717, 1.165) is 0 Å². The summed E-state index contributed by atoms with van der Waals surface area (Å²) in [5, 5.41) is 41.4. The van der Waals surface area contributed by atoms with Crippen molar-refractivity contribution in [2.45, 2.75) is 114 Å². The number of carboxylic acids is 1. The number of ether oxygens (including phenoxy) is 4. The lowest BCUT2D eigenvalue weighted by Crippen LogP contribution is -2.44. The lowest BCUT2D eigenvalue weighted by Gasteiger charge is -2.22. The minimum absolute atomic E-state index is 0.0190. The molecule has 0 spiro atoms. The van der Waals surface area contributed by atoms with Crippen LogP contribution in [-0.2, 0) is 30.4 Å². The fourth-order valence-electron chi connectivity index (χ4n) is 9.71. The van der Waals surface area contributed by atoms with E-state index < -0.39 is 83.4 Å². The number of benzene rings is 5. The van der Waals surface area contributed by atoms with Gasteiger partial charge in [-0.3, -0.25) is 38.4 Å². The van der Waals surface area contributed by atoms with Gasteiger partial charge in [0, 0.05) is 29.2 Å². The number of aliphatic carboxylic acids is 1. The minimum Gasteiger partial charge on any atom is -0.508 e. The second-order valence-electron chi connectivity index (χ2n) is 21.7. The van der Waals surface area contributed by atoms with Gasteiger partial charge in [-0.15, -0.1) is 0 Å². The monoisotopic (exact) mass is 1290 g/mol. The third-order valence-corrected chi connectivity index (χ3v) is 14.8. The maximum Gasteiger partial charge on any atom is 0.326 e. The number of hydrogen-bond acceptors (Lipinski definition) is 19. The van der Waals surface area contributed by atoms with Crippen molar-refractivity contribution in [3.8, 4) is 28.7 Å². The molecule has 5 atom stereocenters. The fraction of sp³-hybridized carbons (Fsp3) is 0.400. The molecular formula is C65H87N13O15. The maximum atomic E-state index is 14.3. The molecule has 20 N–H and O–H groups in total. The van der Waals surface area contributed by atoms with Gasteiger partial charge in [-0.2, -0.15) is 0 Å². The number of methoxy groups -OCH3 is 4. The van der Waals surface area contributed by atoms with Gasteiger partial charge in [-0.25, -0.2) is 4.79 Å². The number of amides is 8. The number of nitrogens with one attached hydrogen (secondary N) is 8. The molecule has 0 bridgehead atoms. The van der Waals surface area contributed by atoms with E-state index in [1.807, 2.05) is 0 Å². The third kappa shape index (κ3) is 22.8. The molecule has 0 aliphatic carbocycles. The molecular weight excluding hydrogens is 1200 g/mol. The topological polar surface area (TPSA) is 457 Å². The first-order valence-electron chi connectivity index (χ1n) is 30.5. The summed E-state index contributed by atoms with van der Waals surface area (Å²) in [4.78, 5) is 124. The van der Waals surface area contributed by atoms with Gasteiger partial charge < -0.3 is 100 Å². The largest absolute Gasteiger partial charge is 0.508 e. The van der Waals surface area contributed by atoms with Crippen LogP contribution in [0.15, 0.2) is 97.1 Å². The first kappa shape index (κ1) is 73.9. The van der Waals surface area contributed by atoms with Gasteiger partial charge in [0.2, 0.25) is 23.6 Å². The van der Waals surface area contributed by atoms with Crippen molar-refractivity contribution in [3.63, 3.8) is 0 Å². The number of phenols is 1.